The molecule has 0 radical (unpaired) electrons. The van der Waals surface area contributed by atoms with Gasteiger partial charge >= 0.3 is 0 Å². The second kappa shape index (κ2) is 11.1. The Bertz CT molecular complexity index is 1060. The third-order valence-corrected chi connectivity index (χ3v) is 5.61. The maximum Gasteiger partial charge on any atom is 0.241 e. The molecule has 2 aromatic carbocycles. The first-order valence-electron chi connectivity index (χ1n) is 10.9. The number of nitrogens with one attached hydrogen (secondary N) is 2. The molecule has 0 aliphatic carbocycles. The number of halogens is 1. The number of amides is 1. The lowest BCUT2D eigenvalue weighted by Crippen LogP contribution is -2.45. The Kier molecular flexibility index (Phi) is 7.73. The minimum atomic E-state index is -0.316. The average molecular weight is 463 g/mol. The van der Waals surface area contributed by atoms with E-state index >= 15 is 0 Å². The first-order chi connectivity index (χ1) is 16.1. The Morgan fingerprint density at radius 2 is 1.79 bits per heavy atom. The summed E-state index contributed by atoms with van der Waals surface area (Å²) in [5.74, 6) is 0.751. The SMILES string of the molecule is C=C(Cl)COc1ccc(CN(Cc2cccnc2)C(=O)C2CC(c3ccccc3)NN2)cc1. The molecule has 33 heavy (non-hydrogen) atoms. The van der Waals surface area contributed by atoms with Crippen LogP contribution in [-0.2, 0) is 17.9 Å². The van der Waals surface area contributed by atoms with Crippen molar-refractivity contribution in [3.8, 4) is 5.75 Å². The van der Waals surface area contributed by atoms with E-state index in [4.69, 9.17) is 16.3 Å². The molecule has 0 saturated carbocycles. The van der Waals surface area contributed by atoms with E-state index < -0.39 is 0 Å². The van der Waals surface area contributed by atoms with Gasteiger partial charge in [-0.05, 0) is 41.3 Å². The number of benzene rings is 2. The molecule has 3 aromatic rings. The van der Waals surface area contributed by atoms with E-state index in [0.717, 1.165) is 16.7 Å². The molecule has 1 aromatic heterocycles. The van der Waals surface area contributed by atoms with Crippen molar-refractivity contribution in [3.05, 3.63) is 107 Å². The largest absolute Gasteiger partial charge is 0.488 e. The monoisotopic (exact) mass is 462 g/mol. The number of carbonyl (C=O) groups is 1. The predicted molar refractivity (Wildman–Crippen MR) is 129 cm³/mol. The van der Waals surface area contributed by atoms with Gasteiger partial charge < -0.3 is 9.64 Å². The zero-order valence-corrected chi connectivity index (χ0v) is 19.0. The summed E-state index contributed by atoms with van der Waals surface area (Å²) in [6, 6.07) is 21.5. The summed E-state index contributed by atoms with van der Waals surface area (Å²) in [4.78, 5) is 19.6. The highest BCUT2D eigenvalue weighted by Gasteiger charge is 2.33. The molecule has 2 unspecified atom stereocenters. The maximum absolute atomic E-state index is 13.5. The van der Waals surface area contributed by atoms with Crippen molar-refractivity contribution in [2.45, 2.75) is 31.6 Å². The van der Waals surface area contributed by atoms with E-state index in [2.05, 4.69) is 34.5 Å². The number of ether oxygens (including phenoxy) is 1. The van der Waals surface area contributed by atoms with E-state index in [9.17, 15) is 4.79 Å². The zero-order valence-electron chi connectivity index (χ0n) is 18.3. The smallest absolute Gasteiger partial charge is 0.241 e. The second-order valence-electron chi connectivity index (χ2n) is 8.05. The lowest BCUT2D eigenvalue weighted by atomic mass is 10.0. The van der Waals surface area contributed by atoms with Crippen LogP contribution in [0, 0.1) is 0 Å². The van der Waals surface area contributed by atoms with Gasteiger partial charge in [-0.15, -0.1) is 0 Å². The number of hydrazine groups is 1. The Morgan fingerprint density at radius 1 is 1.03 bits per heavy atom. The van der Waals surface area contributed by atoms with Crippen LogP contribution in [0.1, 0.15) is 29.2 Å². The van der Waals surface area contributed by atoms with E-state index in [1.807, 2.05) is 59.5 Å². The van der Waals surface area contributed by atoms with Gasteiger partial charge in [0.1, 0.15) is 18.4 Å². The molecule has 2 atom stereocenters. The van der Waals surface area contributed by atoms with Crippen molar-refractivity contribution in [2.75, 3.05) is 6.61 Å². The van der Waals surface area contributed by atoms with Crippen molar-refractivity contribution >= 4 is 17.5 Å². The molecule has 4 rings (SSSR count). The van der Waals surface area contributed by atoms with Gasteiger partial charge in [0.2, 0.25) is 5.91 Å². The van der Waals surface area contributed by atoms with Crippen LogP contribution in [0.2, 0.25) is 0 Å². The number of pyridine rings is 1. The first-order valence-corrected chi connectivity index (χ1v) is 11.2. The minimum Gasteiger partial charge on any atom is -0.488 e. The molecule has 0 spiro atoms. The minimum absolute atomic E-state index is 0.0450. The van der Waals surface area contributed by atoms with Crippen LogP contribution in [0.5, 0.6) is 5.75 Å². The van der Waals surface area contributed by atoms with Gasteiger partial charge in [-0.3, -0.25) is 9.78 Å². The summed E-state index contributed by atoms with van der Waals surface area (Å²) >= 11 is 5.77. The number of hydrogen-bond acceptors (Lipinski definition) is 5. The quantitative estimate of drug-likeness (QED) is 0.495. The van der Waals surface area contributed by atoms with Crippen LogP contribution in [-0.4, -0.2) is 28.4 Å². The Morgan fingerprint density at radius 3 is 2.48 bits per heavy atom. The van der Waals surface area contributed by atoms with Crippen molar-refractivity contribution in [2.24, 2.45) is 0 Å². The molecule has 2 heterocycles. The van der Waals surface area contributed by atoms with Crippen LogP contribution >= 0.6 is 11.6 Å². The predicted octanol–water partition coefficient (Wildman–Crippen LogP) is 4.35. The molecule has 1 aliphatic rings. The summed E-state index contributed by atoms with van der Waals surface area (Å²) in [5.41, 5.74) is 9.62. The van der Waals surface area contributed by atoms with Gasteiger partial charge in [-0.2, -0.15) is 0 Å². The highest BCUT2D eigenvalue weighted by atomic mass is 35.5. The molecule has 1 aliphatic heterocycles. The van der Waals surface area contributed by atoms with Crippen LogP contribution in [0.3, 0.4) is 0 Å². The molecular formula is C26H27ClN4O2. The Balaban J connectivity index is 1.46. The molecule has 0 bridgehead atoms. The third-order valence-electron chi connectivity index (χ3n) is 5.50. The topological polar surface area (TPSA) is 66.5 Å². The van der Waals surface area contributed by atoms with E-state index in [0.29, 0.717) is 30.3 Å². The first kappa shape index (κ1) is 23.0. The van der Waals surface area contributed by atoms with E-state index in [-0.39, 0.29) is 24.6 Å². The van der Waals surface area contributed by atoms with Gasteiger partial charge in [-0.25, -0.2) is 10.9 Å². The summed E-state index contributed by atoms with van der Waals surface area (Å²) in [5, 5.41) is 0.443. The zero-order chi connectivity index (χ0) is 23.0. The third kappa shape index (κ3) is 6.42. The molecule has 1 amide bonds. The summed E-state index contributed by atoms with van der Waals surface area (Å²) in [6.07, 6.45) is 4.21. The standard InChI is InChI=1S/C26H27ClN4O2/c1-19(27)18-33-23-11-9-20(10-12-23)16-31(17-21-6-5-13-28-15-21)26(32)25-14-24(29-30-25)22-7-3-2-4-8-22/h2-13,15,24-25,29-30H,1,14,16-18H2. The van der Waals surface area contributed by atoms with Gasteiger partial charge in [0.15, 0.2) is 0 Å². The molecule has 170 valence electrons. The van der Waals surface area contributed by atoms with Crippen LogP contribution in [0.25, 0.3) is 0 Å². The summed E-state index contributed by atoms with van der Waals surface area (Å²) < 4.78 is 5.57. The van der Waals surface area contributed by atoms with Crippen molar-refractivity contribution in [1.29, 1.82) is 0 Å². The fraction of sp³-hybridized carbons (Fsp3) is 0.231. The number of hydrogen-bond donors (Lipinski definition) is 2. The lowest BCUT2D eigenvalue weighted by molar-refractivity contribution is -0.134. The highest BCUT2D eigenvalue weighted by Crippen LogP contribution is 2.24. The summed E-state index contributed by atoms with van der Waals surface area (Å²) in [7, 11) is 0. The second-order valence-corrected chi connectivity index (χ2v) is 8.58. The van der Waals surface area contributed by atoms with Gasteiger partial charge in [0.05, 0.1) is 0 Å². The molecular weight excluding hydrogens is 436 g/mol. The van der Waals surface area contributed by atoms with Crippen LogP contribution < -0.4 is 15.6 Å². The van der Waals surface area contributed by atoms with Crippen LogP contribution in [0.4, 0.5) is 0 Å². The Labute approximate surface area is 199 Å². The Hall–Kier alpha value is -3.19. The number of carbonyl (C=O) groups excluding carboxylic acids is 1. The number of rotatable bonds is 9. The van der Waals surface area contributed by atoms with E-state index in [1.165, 1.54) is 0 Å². The van der Waals surface area contributed by atoms with Crippen molar-refractivity contribution in [1.82, 2.24) is 20.7 Å². The molecule has 6 nitrogen and oxygen atoms in total. The van der Waals surface area contributed by atoms with Crippen LogP contribution in [0.15, 0.2) is 90.7 Å². The van der Waals surface area contributed by atoms with Gasteiger partial charge in [-0.1, -0.05) is 66.7 Å². The van der Waals surface area contributed by atoms with Gasteiger partial charge in [0.25, 0.3) is 0 Å². The van der Waals surface area contributed by atoms with E-state index in [1.54, 1.807) is 12.4 Å². The van der Waals surface area contributed by atoms with Crippen molar-refractivity contribution in [3.63, 3.8) is 0 Å². The number of aromatic nitrogens is 1. The molecule has 1 fully saturated rings. The fourth-order valence-electron chi connectivity index (χ4n) is 3.84. The maximum atomic E-state index is 13.5. The molecule has 7 heteroatoms. The van der Waals surface area contributed by atoms with Crippen molar-refractivity contribution < 1.29 is 9.53 Å². The average Bonchev–Trinajstić information content (AvgIpc) is 3.34. The normalized spacial score (nSPS) is 17.5. The molecule has 2 N–H and O–H groups in total. The van der Waals surface area contributed by atoms with Gasteiger partial charge in [0, 0.05) is 36.6 Å². The number of nitrogens with zero attached hydrogens (tertiary/aromatic N) is 2. The lowest BCUT2D eigenvalue weighted by Gasteiger charge is -2.26. The molecule has 1 saturated heterocycles. The highest BCUT2D eigenvalue weighted by molar-refractivity contribution is 6.29. The summed E-state index contributed by atoms with van der Waals surface area (Å²) in [6.45, 7) is 4.84. The fourth-order valence-corrected chi connectivity index (χ4v) is 3.89.